The van der Waals surface area contributed by atoms with Crippen molar-refractivity contribution in [3.63, 3.8) is 0 Å². The molecule has 0 radical (unpaired) electrons. The molecule has 100 valence electrons. The van der Waals surface area contributed by atoms with E-state index in [0.29, 0.717) is 12.3 Å². The van der Waals surface area contributed by atoms with Gasteiger partial charge in [0, 0.05) is 6.54 Å². The lowest BCUT2D eigenvalue weighted by Crippen LogP contribution is -2.45. The summed E-state index contributed by atoms with van der Waals surface area (Å²) >= 11 is 0. The van der Waals surface area contributed by atoms with Gasteiger partial charge in [0.05, 0.1) is 17.6 Å². The van der Waals surface area contributed by atoms with Crippen molar-refractivity contribution in [2.24, 2.45) is 0 Å². The summed E-state index contributed by atoms with van der Waals surface area (Å²) in [5.41, 5.74) is 0.804. The van der Waals surface area contributed by atoms with Crippen molar-refractivity contribution >= 4 is 9.84 Å². The molecular weight excluding hydrogens is 254 g/mol. The third-order valence-electron chi connectivity index (χ3n) is 2.84. The van der Waals surface area contributed by atoms with Crippen LogP contribution in [0.4, 0.5) is 0 Å². The molecule has 1 unspecified atom stereocenters. The molecule has 2 N–H and O–H groups in total. The van der Waals surface area contributed by atoms with Crippen LogP contribution in [0.2, 0.25) is 0 Å². The van der Waals surface area contributed by atoms with Crippen molar-refractivity contribution in [3.05, 3.63) is 29.8 Å². The molecule has 6 heteroatoms. The summed E-state index contributed by atoms with van der Waals surface area (Å²) in [4.78, 5) is 0. The van der Waals surface area contributed by atoms with E-state index in [1.165, 1.54) is 0 Å². The van der Waals surface area contributed by atoms with E-state index in [1.54, 1.807) is 31.3 Å². The second-order valence-electron chi connectivity index (χ2n) is 4.46. The van der Waals surface area contributed by atoms with E-state index in [9.17, 15) is 13.5 Å². The predicted octanol–water partition coefficient (Wildman–Crippen LogP) is 0.115. The van der Waals surface area contributed by atoms with E-state index in [1.807, 2.05) is 0 Å². The first-order valence-corrected chi connectivity index (χ1v) is 7.62. The molecule has 1 fully saturated rings. The van der Waals surface area contributed by atoms with Gasteiger partial charge in [0.15, 0.2) is 9.84 Å². The fourth-order valence-corrected chi connectivity index (χ4v) is 3.03. The molecule has 1 aromatic carbocycles. The SMILES string of the molecule is CNCC(O)c1ccc(OC2CS(=O)(=O)C2)cc1. The zero-order valence-electron chi connectivity index (χ0n) is 10.2. The zero-order valence-corrected chi connectivity index (χ0v) is 11.0. The van der Waals surface area contributed by atoms with E-state index in [0.717, 1.165) is 5.56 Å². The summed E-state index contributed by atoms with van der Waals surface area (Å²) < 4.78 is 27.5. The van der Waals surface area contributed by atoms with Crippen LogP contribution in [0.15, 0.2) is 24.3 Å². The Bertz CT molecular complexity index is 485. The molecule has 2 rings (SSSR count). The Hall–Kier alpha value is -1.11. The highest BCUT2D eigenvalue weighted by molar-refractivity contribution is 7.92. The monoisotopic (exact) mass is 271 g/mol. The van der Waals surface area contributed by atoms with Crippen molar-refractivity contribution < 1.29 is 18.3 Å². The Kier molecular flexibility index (Phi) is 3.89. The number of likely N-dealkylation sites (N-methyl/N-ethyl adjacent to an activating group) is 1. The quantitative estimate of drug-likeness (QED) is 0.795. The minimum absolute atomic E-state index is 0.0944. The van der Waals surface area contributed by atoms with Gasteiger partial charge in [0.25, 0.3) is 0 Å². The number of ether oxygens (including phenoxy) is 1. The number of aliphatic hydroxyl groups is 1. The first kappa shape index (κ1) is 13.3. The highest BCUT2D eigenvalue weighted by Gasteiger charge is 2.35. The van der Waals surface area contributed by atoms with Crippen LogP contribution in [0, 0.1) is 0 Å². The summed E-state index contributed by atoms with van der Waals surface area (Å²) in [6.45, 7) is 0.487. The molecule has 1 aromatic rings. The van der Waals surface area contributed by atoms with Gasteiger partial charge in [0.2, 0.25) is 0 Å². The van der Waals surface area contributed by atoms with Gasteiger partial charge in [-0.15, -0.1) is 0 Å². The van der Waals surface area contributed by atoms with Crippen LogP contribution < -0.4 is 10.1 Å². The number of sulfone groups is 1. The Morgan fingerprint density at radius 3 is 2.50 bits per heavy atom. The van der Waals surface area contributed by atoms with Gasteiger partial charge in [-0.2, -0.15) is 0 Å². The molecule has 1 atom stereocenters. The van der Waals surface area contributed by atoms with Gasteiger partial charge < -0.3 is 15.2 Å². The highest BCUT2D eigenvalue weighted by atomic mass is 32.2. The minimum Gasteiger partial charge on any atom is -0.488 e. The van der Waals surface area contributed by atoms with Crippen molar-refractivity contribution in [1.29, 1.82) is 0 Å². The first-order valence-electron chi connectivity index (χ1n) is 5.80. The number of hydrogen-bond donors (Lipinski definition) is 2. The summed E-state index contributed by atoms with van der Waals surface area (Å²) in [6, 6.07) is 7.06. The van der Waals surface area contributed by atoms with Gasteiger partial charge in [-0.25, -0.2) is 8.42 Å². The average Bonchev–Trinajstić information content (AvgIpc) is 2.28. The lowest BCUT2D eigenvalue weighted by molar-refractivity contribution is 0.177. The fourth-order valence-electron chi connectivity index (χ4n) is 1.86. The van der Waals surface area contributed by atoms with E-state index < -0.39 is 15.9 Å². The predicted molar refractivity (Wildman–Crippen MR) is 68.4 cm³/mol. The van der Waals surface area contributed by atoms with Gasteiger partial charge in [-0.1, -0.05) is 12.1 Å². The third-order valence-corrected chi connectivity index (χ3v) is 4.60. The Labute approximate surface area is 107 Å². The van der Waals surface area contributed by atoms with Crippen LogP contribution >= 0.6 is 0 Å². The highest BCUT2D eigenvalue weighted by Crippen LogP contribution is 2.22. The second kappa shape index (κ2) is 5.26. The standard InChI is InChI=1S/C12H17NO4S/c1-13-6-12(14)9-2-4-10(5-3-9)17-11-7-18(15,16)8-11/h2-5,11-14H,6-8H2,1H3. The van der Waals surface area contributed by atoms with E-state index in [-0.39, 0.29) is 17.6 Å². The van der Waals surface area contributed by atoms with E-state index in [4.69, 9.17) is 4.74 Å². The van der Waals surface area contributed by atoms with Crippen LogP contribution in [0.3, 0.4) is 0 Å². The summed E-state index contributed by atoms with van der Waals surface area (Å²) in [5, 5.41) is 12.6. The lowest BCUT2D eigenvalue weighted by Gasteiger charge is -2.26. The van der Waals surface area contributed by atoms with Crippen molar-refractivity contribution in [3.8, 4) is 5.75 Å². The molecule has 1 aliphatic heterocycles. The molecule has 5 nitrogen and oxygen atoms in total. The molecule has 0 bridgehead atoms. The topological polar surface area (TPSA) is 75.6 Å². The average molecular weight is 271 g/mol. The maximum atomic E-state index is 11.0. The molecule has 0 aromatic heterocycles. The molecule has 18 heavy (non-hydrogen) atoms. The van der Waals surface area contributed by atoms with Gasteiger partial charge in [-0.05, 0) is 24.7 Å². The fraction of sp³-hybridized carbons (Fsp3) is 0.500. The van der Waals surface area contributed by atoms with Crippen LogP contribution in [0.1, 0.15) is 11.7 Å². The van der Waals surface area contributed by atoms with Crippen molar-refractivity contribution in [2.75, 3.05) is 25.1 Å². The number of nitrogens with one attached hydrogen (secondary N) is 1. The van der Waals surface area contributed by atoms with Gasteiger partial charge in [-0.3, -0.25) is 0 Å². The largest absolute Gasteiger partial charge is 0.488 e. The molecule has 0 aliphatic carbocycles. The van der Waals surface area contributed by atoms with Crippen LogP contribution in [0.25, 0.3) is 0 Å². The normalized spacial score (nSPS) is 20.1. The lowest BCUT2D eigenvalue weighted by atomic mass is 10.1. The molecule has 1 saturated heterocycles. The first-order chi connectivity index (χ1) is 8.50. The summed E-state index contributed by atoms with van der Waals surface area (Å²) in [6.07, 6.45) is -0.781. The smallest absolute Gasteiger partial charge is 0.157 e. The molecule has 1 aliphatic rings. The van der Waals surface area contributed by atoms with Gasteiger partial charge in [0.1, 0.15) is 11.9 Å². The molecular formula is C12H17NO4S. The van der Waals surface area contributed by atoms with Gasteiger partial charge >= 0.3 is 0 Å². The van der Waals surface area contributed by atoms with Crippen LogP contribution in [0.5, 0.6) is 5.75 Å². The molecule has 1 heterocycles. The van der Waals surface area contributed by atoms with E-state index >= 15 is 0 Å². The second-order valence-corrected chi connectivity index (χ2v) is 6.61. The molecule has 0 saturated carbocycles. The molecule has 0 spiro atoms. The van der Waals surface area contributed by atoms with Crippen LogP contribution in [-0.2, 0) is 9.84 Å². The maximum Gasteiger partial charge on any atom is 0.157 e. The summed E-state index contributed by atoms with van der Waals surface area (Å²) in [7, 11) is -1.08. The third kappa shape index (κ3) is 3.22. The molecule has 0 amide bonds. The minimum atomic E-state index is -2.85. The van der Waals surface area contributed by atoms with Crippen molar-refractivity contribution in [2.45, 2.75) is 12.2 Å². The van der Waals surface area contributed by atoms with E-state index in [2.05, 4.69) is 5.32 Å². The van der Waals surface area contributed by atoms with Crippen LogP contribution in [-0.4, -0.2) is 44.7 Å². The Morgan fingerprint density at radius 2 is 2.00 bits per heavy atom. The number of hydrogen-bond acceptors (Lipinski definition) is 5. The van der Waals surface area contributed by atoms with Crippen molar-refractivity contribution in [1.82, 2.24) is 5.32 Å². The number of rotatable bonds is 5. The Balaban J connectivity index is 1.92. The Morgan fingerprint density at radius 1 is 1.39 bits per heavy atom. The zero-order chi connectivity index (χ0) is 13.2. The number of benzene rings is 1. The number of aliphatic hydroxyl groups excluding tert-OH is 1. The summed E-state index contributed by atoms with van der Waals surface area (Å²) in [5.74, 6) is 0.823. The maximum absolute atomic E-state index is 11.0.